The number of hydrogen-bond donors (Lipinski definition) is 1. The van der Waals surface area contributed by atoms with Crippen molar-refractivity contribution in [3.63, 3.8) is 0 Å². The van der Waals surface area contributed by atoms with Crippen molar-refractivity contribution in [3.8, 4) is 0 Å². The van der Waals surface area contributed by atoms with E-state index in [4.69, 9.17) is 0 Å². The van der Waals surface area contributed by atoms with Gasteiger partial charge in [0.2, 0.25) is 17.7 Å². The molecule has 1 aromatic carbocycles. The molecule has 140 valence electrons. The van der Waals surface area contributed by atoms with Crippen molar-refractivity contribution in [3.05, 3.63) is 46.7 Å². The van der Waals surface area contributed by atoms with E-state index in [1.165, 1.54) is 30.1 Å². The molecule has 8 heteroatoms. The van der Waals surface area contributed by atoms with Crippen LogP contribution in [-0.4, -0.2) is 34.6 Å². The molecular weight excluding hydrogens is 366 g/mol. The first kappa shape index (κ1) is 18.8. The van der Waals surface area contributed by atoms with Gasteiger partial charge in [-0.05, 0) is 35.7 Å². The normalized spacial score (nSPS) is 16.5. The molecule has 1 aromatic heterocycles. The van der Waals surface area contributed by atoms with Gasteiger partial charge in [-0.1, -0.05) is 6.07 Å². The van der Waals surface area contributed by atoms with Crippen molar-refractivity contribution in [1.29, 1.82) is 0 Å². The summed E-state index contributed by atoms with van der Waals surface area (Å²) in [6.45, 7) is 3.10. The van der Waals surface area contributed by atoms with Crippen molar-refractivity contribution >= 4 is 46.3 Å². The lowest BCUT2D eigenvalue weighted by Gasteiger charge is -2.26. The highest BCUT2D eigenvalue weighted by molar-refractivity contribution is 7.09. The van der Waals surface area contributed by atoms with Crippen LogP contribution in [0.5, 0.6) is 0 Å². The van der Waals surface area contributed by atoms with Crippen molar-refractivity contribution < 1.29 is 19.2 Å². The Hall–Kier alpha value is -3.00. The van der Waals surface area contributed by atoms with Gasteiger partial charge in [0, 0.05) is 24.4 Å². The zero-order valence-electron chi connectivity index (χ0n) is 15.0. The third-order valence-electron chi connectivity index (χ3n) is 4.26. The Kier molecular flexibility index (Phi) is 5.36. The van der Waals surface area contributed by atoms with Gasteiger partial charge in [-0.15, -0.1) is 11.3 Å². The Bertz CT molecular complexity index is 877. The van der Waals surface area contributed by atoms with Crippen LogP contribution >= 0.6 is 11.3 Å². The van der Waals surface area contributed by atoms with Crippen molar-refractivity contribution in [1.82, 2.24) is 4.90 Å². The van der Waals surface area contributed by atoms with E-state index >= 15 is 0 Å². The van der Waals surface area contributed by atoms with Crippen molar-refractivity contribution in [2.75, 3.05) is 10.2 Å². The fourth-order valence-electron chi connectivity index (χ4n) is 3.04. The molecule has 0 radical (unpaired) electrons. The predicted molar refractivity (Wildman–Crippen MR) is 102 cm³/mol. The molecule has 1 atom stereocenters. The molecule has 1 aliphatic heterocycles. The number of nitrogens with one attached hydrogen (secondary N) is 1. The van der Waals surface area contributed by atoms with Gasteiger partial charge in [0.15, 0.2) is 0 Å². The third kappa shape index (κ3) is 4.06. The van der Waals surface area contributed by atoms with Crippen LogP contribution in [-0.2, 0) is 25.7 Å². The van der Waals surface area contributed by atoms with E-state index in [1.807, 2.05) is 17.5 Å². The van der Waals surface area contributed by atoms with Crippen LogP contribution in [0.1, 0.15) is 25.1 Å². The fraction of sp³-hybridized carbons (Fsp3) is 0.263. The Labute approximate surface area is 160 Å². The van der Waals surface area contributed by atoms with Gasteiger partial charge in [-0.25, -0.2) is 4.90 Å². The molecule has 3 rings (SSSR count). The van der Waals surface area contributed by atoms with Crippen molar-refractivity contribution in [2.45, 2.75) is 32.9 Å². The van der Waals surface area contributed by atoms with E-state index in [-0.39, 0.29) is 24.1 Å². The summed E-state index contributed by atoms with van der Waals surface area (Å²) in [6, 6.07) is 9.40. The maximum Gasteiger partial charge on any atom is 0.257 e. The summed E-state index contributed by atoms with van der Waals surface area (Å²) >= 11 is 1.49. The van der Waals surface area contributed by atoms with E-state index in [1.54, 1.807) is 24.3 Å². The first-order chi connectivity index (χ1) is 12.9. The maximum absolute atomic E-state index is 12.9. The van der Waals surface area contributed by atoms with Crippen LogP contribution in [0.3, 0.4) is 0 Å². The molecule has 0 saturated carbocycles. The maximum atomic E-state index is 12.9. The average Bonchev–Trinajstić information content (AvgIpc) is 3.21. The van der Waals surface area contributed by atoms with E-state index in [9.17, 15) is 19.2 Å². The van der Waals surface area contributed by atoms with Crippen LogP contribution in [0.2, 0.25) is 0 Å². The van der Waals surface area contributed by atoms with Gasteiger partial charge in [0.25, 0.3) is 5.91 Å². The lowest BCUT2D eigenvalue weighted by Crippen LogP contribution is -2.44. The number of carbonyl (C=O) groups excluding carboxylic acids is 4. The van der Waals surface area contributed by atoms with Crippen LogP contribution < -0.4 is 10.2 Å². The standard InChI is InChI=1S/C19H19N3O4S/c1-12(23)20-14-5-7-15(8-6-14)22-18(25)10-17(19(22)26)21(13(2)24)11-16-4-3-9-27-16/h3-9,17H,10-11H2,1-2H3,(H,20,23). The SMILES string of the molecule is CC(=O)Nc1ccc(N2C(=O)CC(N(Cc3cccs3)C(C)=O)C2=O)cc1. The largest absolute Gasteiger partial charge is 0.326 e. The van der Waals surface area contributed by atoms with Gasteiger partial charge in [0.05, 0.1) is 18.7 Å². The molecule has 0 aliphatic carbocycles. The number of rotatable bonds is 5. The molecule has 27 heavy (non-hydrogen) atoms. The highest BCUT2D eigenvalue weighted by atomic mass is 32.1. The summed E-state index contributed by atoms with van der Waals surface area (Å²) in [5, 5.41) is 4.53. The summed E-state index contributed by atoms with van der Waals surface area (Å²) in [7, 11) is 0. The molecule has 1 unspecified atom stereocenters. The number of benzene rings is 1. The second-order valence-corrected chi connectivity index (χ2v) is 7.27. The Morgan fingerprint density at radius 3 is 2.44 bits per heavy atom. The lowest BCUT2D eigenvalue weighted by molar-refractivity contribution is -0.137. The number of amides is 4. The molecule has 0 bridgehead atoms. The fourth-order valence-corrected chi connectivity index (χ4v) is 3.74. The number of nitrogens with zero attached hydrogens (tertiary/aromatic N) is 2. The third-order valence-corrected chi connectivity index (χ3v) is 5.12. The second kappa shape index (κ2) is 7.71. The monoisotopic (exact) mass is 385 g/mol. The molecule has 1 aliphatic rings. The number of carbonyl (C=O) groups is 4. The minimum absolute atomic E-state index is 0.0444. The summed E-state index contributed by atoms with van der Waals surface area (Å²) < 4.78 is 0. The Morgan fingerprint density at radius 1 is 1.19 bits per heavy atom. The zero-order chi connectivity index (χ0) is 19.6. The van der Waals surface area contributed by atoms with Gasteiger partial charge in [0.1, 0.15) is 6.04 Å². The molecule has 1 fully saturated rings. The first-order valence-electron chi connectivity index (χ1n) is 8.41. The minimum atomic E-state index is -0.813. The lowest BCUT2D eigenvalue weighted by atomic mass is 10.2. The average molecular weight is 385 g/mol. The second-order valence-electron chi connectivity index (χ2n) is 6.24. The zero-order valence-corrected chi connectivity index (χ0v) is 15.8. The molecule has 7 nitrogen and oxygen atoms in total. The summed E-state index contributed by atoms with van der Waals surface area (Å²) in [5.74, 6) is -1.23. The van der Waals surface area contributed by atoms with Gasteiger partial charge >= 0.3 is 0 Å². The number of imide groups is 1. The number of hydrogen-bond acceptors (Lipinski definition) is 5. The van der Waals surface area contributed by atoms with E-state index in [2.05, 4.69) is 5.32 Å². The molecule has 2 aromatic rings. The summed E-state index contributed by atoms with van der Waals surface area (Å²) in [4.78, 5) is 52.1. The minimum Gasteiger partial charge on any atom is -0.326 e. The highest BCUT2D eigenvalue weighted by Crippen LogP contribution is 2.28. The smallest absolute Gasteiger partial charge is 0.257 e. The first-order valence-corrected chi connectivity index (χ1v) is 9.29. The van der Waals surface area contributed by atoms with Gasteiger partial charge in [-0.3, -0.25) is 19.2 Å². The van der Waals surface area contributed by atoms with E-state index in [0.29, 0.717) is 17.9 Å². The van der Waals surface area contributed by atoms with Crippen LogP contribution in [0.25, 0.3) is 0 Å². The molecule has 1 saturated heterocycles. The number of anilines is 2. The van der Waals surface area contributed by atoms with E-state index in [0.717, 1.165) is 9.78 Å². The summed E-state index contributed by atoms with van der Waals surface area (Å²) in [5.41, 5.74) is 0.992. The quantitative estimate of drug-likeness (QED) is 0.801. The predicted octanol–water partition coefficient (Wildman–Crippen LogP) is 2.39. The number of thiophene rings is 1. The van der Waals surface area contributed by atoms with Crippen LogP contribution in [0.15, 0.2) is 41.8 Å². The topological polar surface area (TPSA) is 86.8 Å². The molecule has 1 N–H and O–H groups in total. The van der Waals surface area contributed by atoms with Crippen LogP contribution in [0, 0.1) is 0 Å². The van der Waals surface area contributed by atoms with Crippen molar-refractivity contribution in [2.24, 2.45) is 0 Å². The summed E-state index contributed by atoms with van der Waals surface area (Å²) in [6.07, 6.45) is -0.0444. The van der Waals surface area contributed by atoms with Crippen LogP contribution in [0.4, 0.5) is 11.4 Å². The molecule has 0 spiro atoms. The Balaban J connectivity index is 1.81. The van der Waals surface area contributed by atoms with Gasteiger partial charge in [-0.2, -0.15) is 0 Å². The molecule has 4 amide bonds. The van der Waals surface area contributed by atoms with Gasteiger partial charge < -0.3 is 10.2 Å². The molecular formula is C19H19N3O4S. The van der Waals surface area contributed by atoms with E-state index < -0.39 is 11.9 Å². The highest BCUT2D eigenvalue weighted by Gasteiger charge is 2.43. The molecule has 2 heterocycles. The Morgan fingerprint density at radius 2 is 1.89 bits per heavy atom.